The quantitative estimate of drug-likeness (QED) is 0.157. The summed E-state index contributed by atoms with van der Waals surface area (Å²) in [6.07, 6.45) is 0. The van der Waals surface area contributed by atoms with Gasteiger partial charge in [0, 0.05) is 69.0 Å². The summed E-state index contributed by atoms with van der Waals surface area (Å²) in [5.74, 6) is 1.35. The van der Waals surface area contributed by atoms with Crippen LogP contribution in [0.4, 0.5) is 0 Å². The first kappa shape index (κ1) is 44.9. The monoisotopic (exact) mass is 1020 g/mol. The van der Waals surface area contributed by atoms with E-state index in [-0.39, 0.29) is 0 Å². The molecule has 1 saturated heterocycles. The maximum Gasteiger partial charge on any atom is 0.494 e. The minimum atomic E-state index is -0.462. The van der Waals surface area contributed by atoms with Gasteiger partial charge in [-0.25, -0.2) is 19.9 Å². The van der Waals surface area contributed by atoms with Gasteiger partial charge in [-0.1, -0.05) is 145 Å². The van der Waals surface area contributed by atoms with Gasteiger partial charge < -0.3 is 18.1 Å². The number of thiophene rings is 2. The molecular formula is C62H42BClN4O4S2. The molecule has 1 aliphatic heterocycles. The molecule has 0 radical (unpaired) electrons. The zero-order valence-corrected chi connectivity index (χ0v) is 42.9. The van der Waals surface area contributed by atoms with Gasteiger partial charge in [-0.3, -0.25) is 0 Å². The highest BCUT2D eigenvalue weighted by atomic mass is 35.5. The average molecular weight is 1020 g/mol. The molecule has 0 bridgehead atoms. The van der Waals surface area contributed by atoms with E-state index in [9.17, 15) is 0 Å². The SMILES string of the molecule is CC1(C)OB(c2ccc3oc4cccc(-c5nc(-c6ccccc6)c6sc7ccccc7c6n5)c4c3c2)OC1(C)C.Clc1ccc2oc3cccc(-c4nc(-c5ccccc5)c5sc6ccccc6c5n4)c3c2c1. The molecule has 8 nitrogen and oxygen atoms in total. The minimum Gasteiger partial charge on any atom is -0.456 e. The molecule has 0 spiro atoms. The van der Waals surface area contributed by atoms with Gasteiger partial charge >= 0.3 is 7.12 Å². The smallest absolute Gasteiger partial charge is 0.456 e. The zero-order chi connectivity index (χ0) is 49.9. The van der Waals surface area contributed by atoms with Crippen molar-refractivity contribution in [2.24, 2.45) is 0 Å². The molecule has 6 aromatic heterocycles. The summed E-state index contributed by atoms with van der Waals surface area (Å²) in [6, 6.07) is 61.5. The van der Waals surface area contributed by atoms with Crippen molar-refractivity contribution in [1.82, 2.24) is 19.9 Å². The van der Waals surface area contributed by atoms with E-state index in [1.807, 2.05) is 78.9 Å². The Balaban J connectivity index is 0.000000140. The Kier molecular flexibility index (Phi) is 10.4. The summed E-state index contributed by atoms with van der Waals surface area (Å²) in [5, 5.41) is 6.87. The van der Waals surface area contributed by atoms with Crippen molar-refractivity contribution < 1.29 is 18.1 Å². The van der Waals surface area contributed by atoms with E-state index in [0.29, 0.717) is 16.7 Å². The summed E-state index contributed by atoms with van der Waals surface area (Å²) in [6.45, 7) is 8.29. The van der Waals surface area contributed by atoms with Crippen LogP contribution in [0.15, 0.2) is 191 Å². The van der Waals surface area contributed by atoms with Crippen LogP contribution in [-0.2, 0) is 9.31 Å². The van der Waals surface area contributed by atoms with E-state index in [1.54, 1.807) is 22.7 Å². The predicted octanol–water partition coefficient (Wildman–Crippen LogP) is 17.1. The van der Waals surface area contributed by atoms with Gasteiger partial charge in [-0.2, -0.15) is 0 Å². The van der Waals surface area contributed by atoms with Gasteiger partial charge in [0.15, 0.2) is 11.6 Å². The molecule has 14 aromatic rings. The molecule has 12 heteroatoms. The first-order valence-electron chi connectivity index (χ1n) is 24.5. The van der Waals surface area contributed by atoms with Crippen molar-refractivity contribution in [2.75, 3.05) is 0 Å². The second-order valence-electron chi connectivity index (χ2n) is 19.6. The highest BCUT2D eigenvalue weighted by molar-refractivity contribution is 7.26. The van der Waals surface area contributed by atoms with Gasteiger partial charge in [0.1, 0.15) is 22.3 Å². The third-order valence-electron chi connectivity index (χ3n) is 14.5. The molecular weight excluding hydrogens is 975 g/mol. The third-order valence-corrected chi connectivity index (χ3v) is 17.1. The van der Waals surface area contributed by atoms with Crippen molar-refractivity contribution in [3.8, 4) is 45.3 Å². The van der Waals surface area contributed by atoms with Gasteiger partial charge in [0.2, 0.25) is 0 Å². The number of fused-ring (bicyclic) bond motifs is 12. The molecule has 74 heavy (non-hydrogen) atoms. The van der Waals surface area contributed by atoms with E-state index >= 15 is 0 Å². The van der Waals surface area contributed by atoms with Crippen LogP contribution in [-0.4, -0.2) is 38.3 Å². The van der Waals surface area contributed by atoms with E-state index in [1.165, 1.54) is 9.40 Å². The fourth-order valence-corrected chi connectivity index (χ4v) is 12.6. The molecule has 0 unspecified atom stereocenters. The van der Waals surface area contributed by atoms with Crippen molar-refractivity contribution in [2.45, 2.75) is 38.9 Å². The van der Waals surface area contributed by atoms with Crippen LogP contribution in [0.1, 0.15) is 27.7 Å². The number of hydrogen-bond acceptors (Lipinski definition) is 10. The Morgan fingerprint density at radius 1 is 0.432 bits per heavy atom. The standard InChI is InChI=1S/C34H27BN2O3S.C28H15ClN2OS/c1-33(2)34(3,4)40-35(39-33)21-17-18-25-24(19-21)28-23(14-10-15-26(28)38-25)32-36-29(20-11-6-5-7-12-20)31-30(37-32)22-13-8-9-16-27(22)41-31;29-17-13-14-21-20(15-17)24-19(10-6-11-22(24)32-21)28-30-25(16-7-2-1-3-8-16)27-26(31-28)18-9-4-5-12-23(18)33-27/h5-19H,1-4H3;1-15H. The lowest BCUT2D eigenvalue weighted by atomic mass is 9.78. The number of aromatic nitrogens is 4. The minimum absolute atomic E-state index is 0.420. The van der Waals surface area contributed by atoms with Gasteiger partial charge in [-0.15, -0.1) is 22.7 Å². The van der Waals surface area contributed by atoms with Crippen LogP contribution in [0, 0.1) is 0 Å². The Labute approximate surface area is 438 Å². The Hall–Kier alpha value is -7.77. The van der Waals surface area contributed by atoms with Crippen molar-refractivity contribution in [1.29, 1.82) is 0 Å². The van der Waals surface area contributed by atoms with Crippen LogP contribution in [0.5, 0.6) is 0 Å². The maximum absolute atomic E-state index is 6.37. The number of hydrogen-bond donors (Lipinski definition) is 0. The van der Waals surface area contributed by atoms with E-state index in [4.69, 9.17) is 49.7 Å². The lowest BCUT2D eigenvalue weighted by Gasteiger charge is -2.32. The van der Waals surface area contributed by atoms with Gasteiger partial charge in [0.25, 0.3) is 0 Å². The molecule has 0 N–H and O–H groups in total. The average Bonchev–Trinajstić information content (AvgIpc) is 4.24. The van der Waals surface area contributed by atoms with Crippen LogP contribution in [0.2, 0.25) is 5.02 Å². The highest BCUT2D eigenvalue weighted by Crippen LogP contribution is 2.45. The van der Waals surface area contributed by atoms with Crippen molar-refractivity contribution >= 4 is 131 Å². The third kappa shape index (κ3) is 7.33. The normalized spacial score (nSPS) is 14.4. The number of halogens is 1. The number of rotatable bonds is 5. The van der Waals surface area contributed by atoms with Crippen LogP contribution >= 0.6 is 34.3 Å². The Bertz CT molecular complexity index is 4530. The molecule has 0 saturated carbocycles. The van der Waals surface area contributed by atoms with Crippen LogP contribution in [0.3, 0.4) is 0 Å². The van der Waals surface area contributed by atoms with Gasteiger partial charge in [-0.05, 0) is 81.7 Å². The molecule has 1 fully saturated rings. The highest BCUT2D eigenvalue weighted by Gasteiger charge is 2.51. The molecule has 0 amide bonds. The summed E-state index contributed by atoms with van der Waals surface area (Å²) in [4.78, 5) is 20.6. The van der Waals surface area contributed by atoms with E-state index in [0.717, 1.165) is 114 Å². The van der Waals surface area contributed by atoms with Crippen LogP contribution in [0.25, 0.3) is 130 Å². The first-order chi connectivity index (χ1) is 36.0. The first-order valence-corrected chi connectivity index (χ1v) is 26.5. The fraction of sp³-hybridized carbons (Fsp3) is 0.0968. The Morgan fingerprint density at radius 3 is 1.41 bits per heavy atom. The summed E-state index contributed by atoms with van der Waals surface area (Å²) in [5.41, 5.74) is 11.1. The van der Waals surface area contributed by atoms with Crippen molar-refractivity contribution in [3.05, 3.63) is 187 Å². The molecule has 15 rings (SSSR count). The van der Waals surface area contributed by atoms with E-state index < -0.39 is 18.3 Å². The molecule has 1 aliphatic rings. The van der Waals surface area contributed by atoms with Crippen molar-refractivity contribution in [3.63, 3.8) is 0 Å². The largest absolute Gasteiger partial charge is 0.494 e. The number of furan rings is 2. The lowest BCUT2D eigenvalue weighted by molar-refractivity contribution is 0.00578. The topological polar surface area (TPSA) is 96.3 Å². The van der Waals surface area contributed by atoms with Crippen LogP contribution < -0.4 is 5.46 Å². The zero-order valence-electron chi connectivity index (χ0n) is 40.5. The van der Waals surface area contributed by atoms with Gasteiger partial charge in [0.05, 0.1) is 43.0 Å². The lowest BCUT2D eigenvalue weighted by Crippen LogP contribution is -2.41. The second-order valence-corrected chi connectivity index (χ2v) is 22.2. The predicted molar refractivity (Wildman–Crippen MR) is 307 cm³/mol. The maximum atomic E-state index is 6.37. The summed E-state index contributed by atoms with van der Waals surface area (Å²) in [7, 11) is -0.462. The summed E-state index contributed by atoms with van der Waals surface area (Å²) >= 11 is 9.81. The Morgan fingerprint density at radius 2 is 0.892 bits per heavy atom. The molecule has 0 atom stereocenters. The number of benzene rings is 8. The van der Waals surface area contributed by atoms with E-state index in [2.05, 4.69) is 131 Å². The molecule has 356 valence electrons. The molecule has 7 heterocycles. The molecule has 0 aliphatic carbocycles. The molecule has 8 aromatic carbocycles. The fourth-order valence-electron chi connectivity index (χ4n) is 10.1. The second kappa shape index (κ2) is 17.2. The number of nitrogens with zero attached hydrogens (tertiary/aromatic N) is 4. The summed E-state index contributed by atoms with van der Waals surface area (Å²) < 4.78 is 29.8.